The van der Waals surface area contributed by atoms with Crippen molar-refractivity contribution in [2.24, 2.45) is 0 Å². The minimum absolute atomic E-state index is 0.194. The summed E-state index contributed by atoms with van der Waals surface area (Å²) in [6, 6.07) is 5.44. The monoisotopic (exact) mass is 282 g/mol. The van der Waals surface area contributed by atoms with Crippen LogP contribution in [0.3, 0.4) is 0 Å². The zero-order valence-corrected chi connectivity index (χ0v) is 11.8. The van der Waals surface area contributed by atoms with Gasteiger partial charge in [-0.05, 0) is 12.1 Å². The lowest BCUT2D eigenvalue weighted by Crippen LogP contribution is -2.19. The minimum Gasteiger partial charge on any atom is -0.493 e. The van der Waals surface area contributed by atoms with Crippen LogP contribution in [0.1, 0.15) is 18.8 Å². The van der Waals surface area contributed by atoms with E-state index in [0.29, 0.717) is 18.1 Å². The number of ether oxygens (including phenoxy) is 5. The Morgan fingerprint density at radius 3 is 2.70 bits per heavy atom. The summed E-state index contributed by atoms with van der Waals surface area (Å²) in [6.45, 7) is 1.94. The maximum absolute atomic E-state index is 10.8. The maximum Gasteiger partial charge on any atom is 0.302 e. The molecule has 2 rings (SSSR count). The van der Waals surface area contributed by atoms with Crippen molar-refractivity contribution in [2.75, 3.05) is 27.4 Å². The number of benzene rings is 1. The second kappa shape index (κ2) is 6.58. The number of carbonyl (C=O) groups is 1. The van der Waals surface area contributed by atoms with Crippen LogP contribution in [0.25, 0.3) is 0 Å². The van der Waals surface area contributed by atoms with Gasteiger partial charge in [-0.2, -0.15) is 0 Å². The summed E-state index contributed by atoms with van der Waals surface area (Å²) in [5, 5.41) is 0. The van der Waals surface area contributed by atoms with Crippen molar-refractivity contribution in [3.05, 3.63) is 23.8 Å². The molecule has 1 saturated heterocycles. The van der Waals surface area contributed by atoms with Gasteiger partial charge >= 0.3 is 5.97 Å². The summed E-state index contributed by atoms with van der Waals surface area (Å²) in [6.07, 6.45) is -0.743. The predicted molar refractivity (Wildman–Crippen MR) is 69.7 cm³/mol. The molecule has 0 unspecified atom stereocenters. The molecule has 2 atom stereocenters. The smallest absolute Gasteiger partial charge is 0.302 e. The maximum atomic E-state index is 10.8. The number of methoxy groups -OCH3 is 2. The Morgan fingerprint density at radius 1 is 1.30 bits per heavy atom. The average molecular weight is 282 g/mol. The first-order valence-corrected chi connectivity index (χ1v) is 6.26. The normalized spacial score (nSPS) is 21.6. The van der Waals surface area contributed by atoms with Crippen LogP contribution in [0, 0.1) is 0 Å². The van der Waals surface area contributed by atoms with Crippen molar-refractivity contribution in [1.82, 2.24) is 0 Å². The summed E-state index contributed by atoms with van der Waals surface area (Å²) in [5.74, 6) is 0.925. The lowest BCUT2D eigenvalue weighted by molar-refractivity contribution is -0.145. The molecule has 0 saturated carbocycles. The molecule has 0 amide bonds. The van der Waals surface area contributed by atoms with Gasteiger partial charge in [0.1, 0.15) is 12.7 Å². The molecule has 6 nitrogen and oxygen atoms in total. The Bertz CT molecular complexity index is 473. The van der Waals surface area contributed by atoms with Crippen LogP contribution in [0.4, 0.5) is 0 Å². The molecule has 0 spiro atoms. The zero-order valence-electron chi connectivity index (χ0n) is 11.8. The fourth-order valence-corrected chi connectivity index (χ4v) is 1.92. The Balaban J connectivity index is 2.00. The molecule has 6 heteroatoms. The van der Waals surface area contributed by atoms with E-state index in [4.69, 9.17) is 23.7 Å². The van der Waals surface area contributed by atoms with Gasteiger partial charge in [0.15, 0.2) is 17.8 Å². The largest absolute Gasteiger partial charge is 0.493 e. The van der Waals surface area contributed by atoms with Crippen molar-refractivity contribution in [2.45, 2.75) is 19.3 Å². The summed E-state index contributed by atoms with van der Waals surface area (Å²) in [5.41, 5.74) is 0.827. The first-order valence-electron chi connectivity index (χ1n) is 6.26. The van der Waals surface area contributed by atoms with Gasteiger partial charge in [0, 0.05) is 12.5 Å². The van der Waals surface area contributed by atoms with Crippen molar-refractivity contribution >= 4 is 5.97 Å². The van der Waals surface area contributed by atoms with E-state index in [1.54, 1.807) is 26.4 Å². The number of hydrogen-bond donors (Lipinski definition) is 0. The molecule has 1 aromatic carbocycles. The first-order chi connectivity index (χ1) is 9.63. The van der Waals surface area contributed by atoms with E-state index >= 15 is 0 Å². The molecule has 20 heavy (non-hydrogen) atoms. The molecular formula is C14H18O6. The molecule has 0 aromatic heterocycles. The van der Waals surface area contributed by atoms with Crippen molar-refractivity contribution in [3.63, 3.8) is 0 Å². The third kappa shape index (κ3) is 3.40. The molecule has 1 aliphatic rings. The Labute approximate surface area is 117 Å². The second-order valence-corrected chi connectivity index (χ2v) is 4.34. The highest BCUT2D eigenvalue weighted by Crippen LogP contribution is 2.34. The summed E-state index contributed by atoms with van der Waals surface area (Å²) in [7, 11) is 3.15. The van der Waals surface area contributed by atoms with Gasteiger partial charge in [0.05, 0.1) is 20.8 Å². The molecular weight excluding hydrogens is 264 g/mol. The standard InChI is InChI=1S/C14H18O6/c1-9(15)18-7-11-8-19-14(20-11)10-4-5-12(16-2)13(6-10)17-3/h4-6,11,14H,7-8H2,1-3H3/t11-,14-/m0/s1. The predicted octanol–water partition coefficient (Wildman–Crippen LogP) is 1.68. The van der Waals surface area contributed by atoms with Crippen molar-refractivity contribution in [1.29, 1.82) is 0 Å². The molecule has 0 radical (unpaired) electrons. The quantitative estimate of drug-likeness (QED) is 0.766. The van der Waals surface area contributed by atoms with Gasteiger partial charge in [-0.1, -0.05) is 6.07 Å². The summed E-state index contributed by atoms with van der Waals surface area (Å²) >= 11 is 0. The van der Waals surface area contributed by atoms with Gasteiger partial charge < -0.3 is 23.7 Å². The third-order valence-electron chi connectivity index (χ3n) is 2.90. The van der Waals surface area contributed by atoms with E-state index in [-0.39, 0.29) is 18.7 Å². The van der Waals surface area contributed by atoms with E-state index in [2.05, 4.69) is 0 Å². The van der Waals surface area contributed by atoms with Crippen LogP contribution >= 0.6 is 0 Å². The molecule has 1 aromatic rings. The first kappa shape index (κ1) is 14.6. The molecule has 0 bridgehead atoms. The van der Waals surface area contributed by atoms with Crippen LogP contribution in [-0.2, 0) is 19.0 Å². The molecule has 1 heterocycles. The molecule has 1 aliphatic heterocycles. The molecule has 1 fully saturated rings. The fraction of sp³-hybridized carbons (Fsp3) is 0.500. The van der Waals surface area contributed by atoms with E-state index < -0.39 is 6.29 Å². The van der Waals surface area contributed by atoms with Gasteiger partial charge in [-0.25, -0.2) is 0 Å². The van der Waals surface area contributed by atoms with Gasteiger partial charge in [-0.3, -0.25) is 4.79 Å². The van der Waals surface area contributed by atoms with Gasteiger partial charge in [0.2, 0.25) is 0 Å². The van der Waals surface area contributed by atoms with E-state index in [1.165, 1.54) is 6.92 Å². The van der Waals surface area contributed by atoms with Gasteiger partial charge in [0.25, 0.3) is 0 Å². The Hall–Kier alpha value is -1.79. The highest BCUT2D eigenvalue weighted by Gasteiger charge is 2.28. The van der Waals surface area contributed by atoms with Crippen LogP contribution in [0.5, 0.6) is 11.5 Å². The van der Waals surface area contributed by atoms with Crippen molar-refractivity contribution in [3.8, 4) is 11.5 Å². The lowest BCUT2D eigenvalue weighted by atomic mass is 10.2. The van der Waals surface area contributed by atoms with E-state index in [9.17, 15) is 4.79 Å². The highest BCUT2D eigenvalue weighted by molar-refractivity contribution is 5.65. The third-order valence-corrected chi connectivity index (χ3v) is 2.90. The Kier molecular flexibility index (Phi) is 4.81. The van der Waals surface area contributed by atoms with Crippen LogP contribution in [-0.4, -0.2) is 39.5 Å². The van der Waals surface area contributed by atoms with Crippen LogP contribution in [0.15, 0.2) is 18.2 Å². The Morgan fingerprint density at radius 2 is 2.05 bits per heavy atom. The summed E-state index contributed by atoms with van der Waals surface area (Å²) < 4.78 is 26.5. The summed E-state index contributed by atoms with van der Waals surface area (Å²) in [4.78, 5) is 10.8. The number of rotatable bonds is 5. The van der Waals surface area contributed by atoms with Crippen LogP contribution in [0.2, 0.25) is 0 Å². The number of carbonyl (C=O) groups excluding carboxylic acids is 1. The fourth-order valence-electron chi connectivity index (χ4n) is 1.92. The number of esters is 1. The topological polar surface area (TPSA) is 63.2 Å². The molecule has 110 valence electrons. The second-order valence-electron chi connectivity index (χ2n) is 4.34. The van der Waals surface area contributed by atoms with Gasteiger partial charge in [-0.15, -0.1) is 0 Å². The molecule has 0 N–H and O–H groups in total. The lowest BCUT2D eigenvalue weighted by Gasteiger charge is -2.14. The van der Waals surface area contributed by atoms with Crippen molar-refractivity contribution < 1.29 is 28.5 Å². The number of hydrogen-bond acceptors (Lipinski definition) is 6. The zero-order chi connectivity index (χ0) is 14.5. The SMILES string of the molecule is COc1ccc([C@H]2OC[C@H](COC(C)=O)O2)cc1OC. The van der Waals surface area contributed by atoms with E-state index in [1.807, 2.05) is 6.07 Å². The van der Waals surface area contributed by atoms with E-state index in [0.717, 1.165) is 5.56 Å². The molecule has 0 aliphatic carbocycles. The average Bonchev–Trinajstić information content (AvgIpc) is 2.93. The van der Waals surface area contributed by atoms with Crippen LogP contribution < -0.4 is 9.47 Å². The highest BCUT2D eigenvalue weighted by atomic mass is 16.7. The minimum atomic E-state index is -0.490.